The number of halogens is 2. The van der Waals surface area contributed by atoms with Gasteiger partial charge < -0.3 is 5.32 Å². The van der Waals surface area contributed by atoms with Gasteiger partial charge in [-0.25, -0.2) is 4.98 Å². The molecule has 0 bridgehead atoms. The van der Waals surface area contributed by atoms with E-state index in [4.69, 9.17) is 23.2 Å². The van der Waals surface area contributed by atoms with Gasteiger partial charge in [0.15, 0.2) is 0 Å². The fourth-order valence-electron chi connectivity index (χ4n) is 0.710. The maximum Gasteiger partial charge on any atom is 0.146 e. The van der Waals surface area contributed by atoms with Crippen LogP contribution in [0, 0.1) is 0 Å². The molecule has 0 aliphatic carbocycles. The van der Waals surface area contributed by atoms with E-state index in [-0.39, 0.29) is 0 Å². The molecule has 1 aromatic heterocycles. The molecule has 0 aliphatic heterocycles. The first kappa shape index (κ1) is 8.62. The van der Waals surface area contributed by atoms with Gasteiger partial charge in [-0.05, 0) is 19.1 Å². The van der Waals surface area contributed by atoms with E-state index in [1.54, 1.807) is 12.1 Å². The Morgan fingerprint density at radius 1 is 1.45 bits per heavy atom. The van der Waals surface area contributed by atoms with Gasteiger partial charge in [-0.15, -0.1) is 0 Å². The third kappa shape index (κ3) is 2.24. The van der Waals surface area contributed by atoms with Crippen LogP contribution in [0.4, 0.5) is 5.82 Å². The first-order valence-corrected chi connectivity index (χ1v) is 4.05. The molecular formula is C7H8Cl2N2. The third-order valence-electron chi connectivity index (χ3n) is 1.16. The van der Waals surface area contributed by atoms with E-state index in [9.17, 15) is 0 Å². The molecule has 0 unspecified atom stereocenters. The summed E-state index contributed by atoms with van der Waals surface area (Å²) in [4.78, 5) is 3.98. The lowest BCUT2D eigenvalue weighted by Gasteiger charge is -2.03. The van der Waals surface area contributed by atoms with Crippen molar-refractivity contribution in [3.63, 3.8) is 0 Å². The minimum atomic E-state index is 0.449. The van der Waals surface area contributed by atoms with Crippen LogP contribution in [-0.4, -0.2) is 11.5 Å². The first-order chi connectivity index (χ1) is 5.24. The molecule has 11 heavy (non-hydrogen) atoms. The van der Waals surface area contributed by atoms with Crippen molar-refractivity contribution in [2.45, 2.75) is 6.92 Å². The van der Waals surface area contributed by atoms with Crippen LogP contribution in [0.3, 0.4) is 0 Å². The van der Waals surface area contributed by atoms with Gasteiger partial charge in [0, 0.05) is 6.54 Å². The summed E-state index contributed by atoms with van der Waals surface area (Å²) in [5.74, 6) is 0.640. The molecule has 0 spiro atoms. The molecule has 1 heterocycles. The van der Waals surface area contributed by atoms with Gasteiger partial charge in [0.25, 0.3) is 0 Å². The Morgan fingerprint density at radius 2 is 2.18 bits per heavy atom. The van der Waals surface area contributed by atoms with Gasteiger partial charge in [-0.3, -0.25) is 0 Å². The summed E-state index contributed by atoms with van der Waals surface area (Å²) in [7, 11) is 0. The molecule has 0 radical (unpaired) electrons. The SMILES string of the molecule is CCNc1nc(Cl)ccc1Cl. The number of nitrogens with one attached hydrogen (secondary N) is 1. The topological polar surface area (TPSA) is 24.9 Å². The Kier molecular flexibility index (Phi) is 2.97. The second-order valence-electron chi connectivity index (χ2n) is 1.99. The molecule has 1 rings (SSSR count). The predicted molar refractivity (Wildman–Crippen MR) is 48.4 cm³/mol. The van der Waals surface area contributed by atoms with E-state index in [1.165, 1.54) is 0 Å². The Balaban J connectivity index is 2.93. The van der Waals surface area contributed by atoms with Crippen molar-refractivity contribution in [2.75, 3.05) is 11.9 Å². The molecule has 1 N–H and O–H groups in total. The molecule has 0 saturated carbocycles. The van der Waals surface area contributed by atoms with Crippen LogP contribution in [0.25, 0.3) is 0 Å². The van der Waals surface area contributed by atoms with Crippen molar-refractivity contribution >= 4 is 29.0 Å². The number of anilines is 1. The lowest BCUT2D eigenvalue weighted by Crippen LogP contribution is -1.99. The summed E-state index contributed by atoms with van der Waals surface area (Å²) in [6.45, 7) is 2.76. The number of hydrogen-bond acceptors (Lipinski definition) is 2. The summed E-state index contributed by atoms with van der Waals surface area (Å²) in [6, 6.07) is 3.37. The summed E-state index contributed by atoms with van der Waals surface area (Å²) in [5.41, 5.74) is 0. The van der Waals surface area contributed by atoms with E-state index >= 15 is 0 Å². The molecule has 1 aromatic rings. The zero-order valence-corrected chi connectivity index (χ0v) is 7.58. The maximum atomic E-state index is 5.79. The van der Waals surface area contributed by atoms with Gasteiger partial charge in [0.2, 0.25) is 0 Å². The highest BCUT2D eigenvalue weighted by atomic mass is 35.5. The zero-order chi connectivity index (χ0) is 8.27. The average molecular weight is 191 g/mol. The van der Waals surface area contributed by atoms with Crippen LogP contribution in [-0.2, 0) is 0 Å². The fourth-order valence-corrected chi connectivity index (χ4v) is 1.03. The van der Waals surface area contributed by atoms with Crippen molar-refractivity contribution < 1.29 is 0 Å². The molecule has 4 heteroatoms. The number of rotatable bonds is 2. The largest absolute Gasteiger partial charge is 0.369 e. The molecule has 0 amide bonds. The lowest BCUT2D eigenvalue weighted by molar-refractivity contribution is 1.16. The summed E-state index contributed by atoms with van der Waals surface area (Å²) >= 11 is 11.4. The van der Waals surface area contributed by atoms with Gasteiger partial charge in [0.1, 0.15) is 11.0 Å². The fraction of sp³-hybridized carbons (Fsp3) is 0.286. The molecule has 0 aromatic carbocycles. The second-order valence-corrected chi connectivity index (χ2v) is 2.79. The smallest absolute Gasteiger partial charge is 0.146 e. The van der Waals surface area contributed by atoms with Gasteiger partial charge in [0.05, 0.1) is 5.02 Å². The normalized spacial score (nSPS) is 9.73. The third-order valence-corrected chi connectivity index (χ3v) is 1.67. The highest BCUT2D eigenvalue weighted by Gasteiger charge is 1.99. The number of pyridine rings is 1. The molecular weight excluding hydrogens is 183 g/mol. The molecule has 2 nitrogen and oxygen atoms in total. The minimum Gasteiger partial charge on any atom is -0.369 e. The molecule has 60 valence electrons. The molecule has 0 atom stereocenters. The maximum absolute atomic E-state index is 5.79. The predicted octanol–water partition coefficient (Wildman–Crippen LogP) is 2.82. The summed E-state index contributed by atoms with van der Waals surface area (Å²) in [5, 5.41) is 4.03. The Bertz CT molecular complexity index is 250. The molecule has 0 aliphatic rings. The van der Waals surface area contributed by atoms with Crippen molar-refractivity contribution in [3.8, 4) is 0 Å². The van der Waals surface area contributed by atoms with Crippen molar-refractivity contribution in [1.82, 2.24) is 4.98 Å². The summed E-state index contributed by atoms with van der Waals surface area (Å²) in [6.07, 6.45) is 0. The highest BCUT2D eigenvalue weighted by Crippen LogP contribution is 2.20. The van der Waals surface area contributed by atoms with E-state index in [1.807, 2.05) is 6.92 Å². The average Bonchev–Trinajstić information content (AvgIpc) is 1.98. The Labute approximate surface area is 75.5 Å². The molecule has 0 fully saturated rings. The van der Waals surface area contributed by atoms with Crippen molar-refractivity contribution in [2.24, 2.45) is 0 Å². The van der Waals surface area contributed by atoms with Crippen LogP contribution in [0.15, 0.2) is 12.1 Å². The number of hydrogen-bond donors (Lipinski definition) is 1. The van der Waals surface area contributed by atoms with Gasteiger partial charge >= 0.3 is 0 Å². The second kappa shape index (κ2) is 3.79. The minimum absolute atomic E-state index is 0.449. The Hall–Kier alpha value is -0.470. The van der Waals surface area contributed by atoms with Crippen LogP contribution < -0.4 is 5.32 Å². The van der Waals surface area contributed by atoms with E-state index < -0.39 is 0 Å². The number of nitrogens with zero attached hydrogens (tertiary/aromatic N) is 1. The van der Waals surface area contributed by atoms with Gasteiger partial charge in [-0.1, -0.05) is 23.2 Å². The first-order valence-electron chi connectivity index (χ1n) is 3.30. The van der Waals surface area contributed by atoms with Gasteiger partial charge in [-0.2, -0.15) is 0 Å². The van der Waals surface area contributed by atoms with Crippen molar-refractivity contribution in [3.05, 3.63) is 22.3 Å². The highest BCUT2D eigenvalue weighted by molar-refractivity contribution is 6.34. The lowest BCUT2D eigenvalue weighted by atomic mass is 10.4. The van der Waals surface area contributed by atoms with Crippen LogP contribution in [0.1, 0.15) is 6.92 Å². The molecule has 0 saturated heterocycles. The van der Waals surface area contributed by atoms with Crippen LogP contribution >= 0.6 is 23.2 Å². The van der Waals surface area contributed by atoms with E-state index in [0.717, 1.165) is 6.54 Å². The monoisotopic (exact) mass is 190 g/mol. The standard InChI is InChI=1S/C7H8Cl2N2/c1-2-10-7-5(8)3-4-6(9)11-7/h3-4H,2H2,1H3,(H,10,11). The van der Waals surface area contributed by atoms with Crippen LogP contribution in [0.2, 0.25) is 10.2 Å². The number of aromatic nitrogens is 1. The van der Waals surface area contributed by atoms with E-state index in [2.05, 4.69) is 10.3 Å². The summed E-state index contributed by atoms with van der Waals surface area (Å²) < 4.78 is 0. The zero-order valence-electron chi connectivity index (χ0n) is 6.06. The Morgan fingerprint density at radius 3 is 2.82 bits per heavy atom. The van der Waals surface area contributed by atoms with E-state index in [0.29, 0.717) is 16.0 Å². The van der Waals surface area contributed by atoms with Crippen LogP contribution in [0.5, 0.6) is 0 Å². The quantitative estimate of drug-likeness (QED) is 0.727. The van der Waals surface area contributed by atoms with Crippen molar-refractivity contribution in [1.29, 1.82) is 0 Å².